The number of rotatable bonds is 4. The van der Waals surface area contributed by atoms with E-state index in [0.29, 0.717) is 6.04 Å². The number of fused-ring (bicyclic) bond motifs is 1. The fraction of sp³-hybridized carbons (Fsp3) is 0.455. The summed E-state index contributed by atoms with van der Waals surface area (Å²) in [5, 5.41) is 8.87. The number of benzene rings is 1. The maximum absolute atomic E-state index is 12.9. The lowest BCUT2D eigenvalue weighted by Crippen LogP contribution is -2.46. The normalized spacial score (nSPS) is 18.6. The second-order valence-corrected chi connectivity index (χ2v) is 8.07. The minimum Gasteiger partial charge on any atom is -0.369 e. The molecule has 2 aliphatic rings. The Balaban J connectivity index is 1.30. The van der Waals surface area contributed by atoms with Crippen LogP contribution in [0.5, 0.6) is 0 Å². The Morgan fingerprint density at radius 1 is 1.03 bits per heavy atom. The van der Waals surface area contributed by atoms with Gasteiger partial charge < -0.3 is 4.90 Å². The Labute approximate surface area is 170 Å². The third-order valence-electron chi connectivity index (χ3n) is 6.24. The van der Waals surface area contributed by atoms with Gasteiger partial charge in [0.15, 0.2) is 0 Å². The first-order chi connectivity index (χ1) is 14.3. The zero-order chi connectivity index (χ0) is 19.6. The van der Waals surface area contributed by atoms with Gasteiger partial charge in [0, 0.05) is 50.6 Å². The van der Waals surface area contributed by atoms with Crippen LogP contribution in [0.3, 0.4) is 0 Å². The molecule has 0 unspecified atom stereocenters. The first-order valence-corrected chi connectivity index (χ1v) is 10.5. The maximum atomic E-state index is 12.9. The van der Waals surface area contributed by atoms with E-state index >= 15 is 0 Å². The predicted octanol–water partition coefficient (Wildman–Crippen LogP) is 2.62. The summed E-state index contributed by atoms with van der Waals surface area (Å²) in [7, 11) is 0. The van der Waals surface area contributed by atoms with Crippen molar-refractivity contribution in [3.05, 3.63) is 58.9 Å². The first kappa shape index (κ1) is 18.2. The Hall–Kier alpha value is -2.80. The number of anilines is 1. The van der Waals surface area contributed by atoms with Crippen molar-refractivity contribution < 1.29 is 0 Å². The molecule has 0 spiro atoms. The van der Waals surface area contributed by atoms with Crippen LogP contribution in [0.2, 0.25) is 0 Å². The van der Waals surface area contributed by atoms with E-state index in [2.05, 4.69) is 37.1 Å². The molecular formula is C22H26N6O. The van der Waals surface area contributed by atoms with Crippen LogP contribution >= 0.6 is 0 Å². The SMILES string of the molecule is O=c1c2ccc(N3CCN(Cc4cccnn4)CC3)cc2ncn1C1CCCC1. The van der Waals surface area contributed by atoms with Crippen LogP contribution in [0.1, 0.15) is 37.4 Å². The molecule has 150 valence electrons. The summed E-state index contributed by atoms with van der Waals surface area (Å²) in [4.78, 5) is 22.3. The van der Waals surface area contributed by atoms with Crippen LogP contribution in [0.4, 0.5) is 5.69 Å². The molecule has 2 aromatic heterocycles. The van der Waals surface area contributed by atoms with Crippen molar-refractivity contribution in [2.75, 3.05) is 31.1 Å². The summed E-state index contributed by atoms with van der Waals surface area (Å²) < 4.78 is 1.85. The van der Waals surface area contributed by atoms with Crippen molar-refractivity contribution >= 4 is 16.6 Å². The third kappa shape index (κ3) is 3.74. The van der Waals surface area contributed by atoms with Crippen LogP contribution in [0.25, 0.3) is 10.9 Å². The predicted molar refractivity (Wildman–Crippen MR) is 113 cm³/mol. The van der Waals surface area contributed by atoms with E-state index in [4.69, 9.17) is 0 Å². The molecule has 7 heteroatoms. The topological polar surface area (TPSA) is 67.2 Å². The van der Waals surface area contributed by atoms with E-state index in [1.54, 1.807) is 12.5 Å². The molecule has 0 amide bonds. The summed E-state index contributed by atoms with van der Waals surface area (Å²) in [6.07, 6.45) is 8.04. The van der Waals surface area contributed by atoms with Crippen LogP contribution in [-0.4, -0.2) is 50.8 Å². The highest BCUT2D eigenvalue weighted by atomic mass is 16.1. The monoisotopic (exact) mass is 390 g/mol. The van der Waals surface area contributed by atoms with Gasteiger partial charge >= 0.3 is 0 Å². The standard InChI is InChI=1S/C22H26N6O/c29-22-20-8-7-19(14-21(20)23-16-28(22)18-5-1-2-6-18)27-12-10-26(11-13-27)15-17-4-3-9-24-25-17/h3-4,7-9,14,16,18H,1-2,5-6,10-13,15H2. The molecule has 0 atom stereocenters. The molecule has 0 bridgehead atoms. The molecule has 1 saturated heterocycles. The lowest BCUT2D eigenvalue weighted by molar-refractivity contribution is 0.246. The van der Waals surface area contributed by atoms with E-state index in [1.165, 1.54) is 12.8 Å². The molecule has 0 radical (unpaired) electrons. The second kappa shape index (κ2) is 7.91. The summed E-state index contributed by atoms with van der Waals surface area (Å²) in [6.45, 7) is 4.69. The molecule has 7 nitrogen and oxygen atoms in total. The summed E-state index contributed by atoms with van der Waals surface area (Å²) >= 11 is 0. The highest BCUT2D eigenvalue weighted by molar-refractivity contribution is 5.81. The van der Waals surface area contributed by atoms with Gasteiger partial charge in [-0.15, -0.1) is 0 Å². The average Bonchev–Trinajstić information content (AvgIpc) is 3.30. The fourth-order valence-corrected chi connectivity index (χ4v) is 4.57. The molecule has 5 rings (SSSR count). The largest absolute Gasteiger partial charge is 0.369 e. The number of hydrogen-bond donors (Lipinski definition) is 0. The molecule has 1 aliphatic heterocycles. The molecule has 1 aliphatic carbocycles. The highest BCUT2D eigenvalue weighted by Crippen LogP contribution is 2.28. The number of nitrogens with zero attached hydrogens (tertiary/aromatic N) is 6. The third-order valence-corrected chi connectivity index (χ3v) is 6.24. The molecule has 3 heterocycles. The molecule has 1 aromatic carbocycles. The second-order valence-electron chi connectivity index (χ2n) is 8.07. The molecule has 0 N–H and O–H groups in total. The van der Waals surface area contributed by atoms with Crippen molar-refractivity contribution in [1.29, 1.82) is 0 Å². The van der Waals surface area contributed by atoms with Gasteiger partial charge in [-0.25, -0.2) is 4.98 Å². The average molecular weight is 390 g/mol. The van der Waals surface area contributed by atoms with Gasteiger partial charge in [-0.1, -0.05) is 12.8 Å². The zero-order valence-corrected chi connectivity index (χ0v) is 16.6. The van der Waals surface area contributed by atoms with E-state index < -0.39 is 0 Å². The quantitative estimate of drug-likeness (QED) is 0.682. The molecule has 29 heavy (non-hydrogen) atoms. The van der Waals surface area contributed by atoms with Crippen molar-refractivity contribution in [3.8, 4) is 0 Å². The van der Waals surface area contributed by atoms with Gasteiger partial charge in [0.25, 0.3) is 5.56 Å². The Morgan fingerprint density at radius 2 is 1.86 bits per heavy atom. The molecular weight excluding hydrogens is 364 g/mol. The number of piperazine rings is 1. The molecule has 3 aromatic rings. The Kier molecular flexibility index (Phi) is 4.97. The van der Waals surface area contributed by atoms with E-state index in [0.717, 1.165) is 67.8 Å². The van der Waals surface area contributed by atoms with Gasteiger partial charge in [-0.05, 0) is 43.2 Å². The summed E-state index contributed by atoms with van der Waals surface area (Å²) in [5.41, 5.74) is 3.04. The minimum absolute atomic E-state index is 0.0993. The smallest absolute Gasteiger partial charge is 0.261 e. The lowest BCUT2D eigenvalue weighted by Gasteiger charge is -2.35. The van der Waals surface area contributed by atoms with Gasteiger partial charge in [0.2, 0.25) is 0 Å². The maximum Gasteiger partial charge on any atom is 0.261 e. The lowest BCUT2D eigenvalue weighted by atomic mass is 10.1. The molecule has 1 saturated carbocycles. The van der Waals surface area contributed by atoms with Crippen molar-refractivity contribution in [1.82, 2.24) is 24.6 Å². The fourth-order valence-electron chi connectivity index (χ4n) is 4.57. The van der Waals surface area contributed by atoms with Gasteiger partial charge in [0.05, 0.1) is 22.9 Å². The van der Waals surface area contributed by atoms with Crippen molar-refractivity contribution in [2.45, 2.75) is 38.3 Å². The van der Waals surface area contributed by atoms with Gasteiger partial charge in [-0.3, -0.25) is 14.3 Å². The summed E-state index contributed by atoms with van der Waals surface area (Å²) in [6, 6.07) is 10.4. The van der Waals surface area contributed by atoms with Crippen LogP contribution in [-0.2, 0) is 6.54 Å². The van der Waals surface area contributed by atoms with E-state index in [-0.39, 0.29) is 5.56 Å². The zero-order valence-electron chi connectivity index (χ0n) is 16.6. The van der Waals surface area contributed by atoms with Crippen LogP contribution in [0, 0.1) is 0 Å². The van der Waals surface area contributed by atoms with Gasteiger partial charge in [-0.2, -0.15) is 10.2 Å². The van der Waals surface area contributed by atoms with E-state index in [9.17, 15) is 4.79 Å². The number of hydrogen-bond acceptors (Lipinski definition) is 6. The van der Waals surface area contributed by atoms with Gasteiger partial charge in [0.1, 0.15) is 0 Å². The van der Waals surface area contributed by atoms with Crippen LogP contribution < -0.4 is 10.5 Å². The van der Waals surface area contributed by atoms with E-state index in [1.807, 2.05) is 22.8 Å². The highest BCUT2D eigenvalue weighted by Gasteiger charge is 2.21. The Morgan fingerprint density at radius 3 is 2.62 bits per heavy atom. The Bertz CT molecular complexity index is 1040. The summed E-state index contributed by atoms with van der Waals surface area (Å²) in [5.74, 6) is 0. The number of aromatic nitrogens is 4. The van der Waals surface area contributed by atoms with Crippen molar-refractivity contribution in [2.24, 2.45) is 0 Å². The minimum atomic E-state index is 0.0993. The van der Waals surface area contributed by atoms with Crippen molar-refractivity contribution in [3.63, 3.8) is 0 Å². The first-order valence-electron chi connectivity index (χ1n) is 10.5. The molecule has 2 fully saturated rings. The van der Waals surface area contributed by atoms with Crippen LogP contribution in [0.15, 0.2) is 47.7 Å².